The van der Waals surface area contributed by atoms with Gasteiger partial charge in [0, 0.05) is 18.8 Å². The average Bonchev–Trinajstić information content (AvgIpc) is 3.11. The number of hydrogen-bond acceptors (Lipinski definition) is 5. The summed E-state index contributed by atoms with van der Waals surface area (Å²) in [6, 6.07) is 1.80. The fourth-order valence-corrected chi connectivity index (χ4v) is 3.18. The minimum absolute atomic E-state index is 0.0875. The second-order valence-electron chi connectivity index (χ2n) is 6.48. The number of amides is 1. The number of ether oxygens (including phenoxy) is 1. The van der Waals surface area contributed by atoms with Crippen LogP contribution in [0.4, 0.5) is 0 Å². The zero-order chi connectivity index (χ0) is 16.8. The summed E-state index contributed by atoms with van der Waals surface area (Å²) in [5.41, 5.74) is 7.31. The number of hydrogen-bond donors (Lipinski definition) is 2. The molecular formula is C16H22N4O3. The van der Waals surface area contributed by atoms with Crippen LogP contribution >= 0.6 is 0 Å². The highest BCUT2D eigenvalue weighted by Gasteiger charge is 2.45. The summed E-state index contributed by atoms with van der Waals surface area (Å²) in [6.45, 7) is 6.77. The van der Waals surface area contributed by atoms with Crippen LogP contribution in [0.25, 0.3) is 11.0 Å². The second kappa shape index (κ2) is 5.58. The molecule has 3 rings (SSSR count). The molecule has 3 heterocycles. The quantitative estimate of drug-likeness (QED) is 0.880. The Bertz CT molecular complexity index is 745. The van der Waals surface area contributed by atoms with Gasteiger partial charge >= 0.3 is 0 Å². The fraction of sp³-hybridized carbons (Fsp3) is 0.562. The normalized spacial score (nSPS) is 22.8. The van der Waals surface area contributed by atoms with Crippen molar-refractivity contribution in [1.82, 2.24) is 14.8 Å². The predicted octanol–water partition coefficient (Wildman–Crippen LogP) is 1.15. The van der Waals surface area contributed by atoms with E-state index < -0.39 is 17.4 Å². The van der Waals surface area contributed by atoms with Crippen LogP contribution in [0.3, 0.4) is 0 Å². The van der Waals surface area contributed by atoms with Crippen LogP contribution in [0.15, 0.2) is 12.3 Å². The predicted molar refractivity (Wildman–Crippen MR) is 85.2 cm³/mol. The molecule has 1 aliphatic heterocycles. The lowest BCUT2D eigenvalue weighted by atomic mass is 9.78. The minimum atomic E-state index is -0.610. The van der Waals surface area contributed by atoms with Gasteiger partial charge in [0.25, 0.3) is 0 Å². The summed E-state index contributed by atoms with van der Waals surface area (Å²) in [5, 5.41) is 15.1. The number of nitrogens with zero attached hydrogens (tertiary/aromatic N) is 3. The molecule has 0 aromatic carbocycles. The van der Waals surface area contributed by atoms with Crippen molar-refractivity contribution in [3.63, 3.8) is 0 Å². The number of aromatic nitrogens is 3. The highest BCUT2D eigenvalue weighted by Crippen LogP contribution is 2.39. The Morgan fingerprint density at radius 1 is 1.48 bits per heavy atom. The molecule has 7 nitrogen and oxygen atoms in total. The van der Waals surface area contributed by atoms with Gasteiger partial charge in [0.1, 0.15) is 5.52 Å². The maximum atomic E-state index is 11.5. The number of pyridine rings is 1. The Morgan fingerprint density at radius 2 is 2.22 bits per heavy atom. The Morgan fingerprint density at radius 3 is 2.74 bits per heavy atom. The maximum absolute atomic E-state index is 11.5. The van der Waals surface area contributed by atoms with Crippen molar-refractivity contribution in [3.05, 3.63) is 23.5 Å². The van der Waals surface area contributed by atoms with Gasteiger partial charge in [-0.25, -0.2) is 0 Å². The first-order valence-corrected chi connectivity index (χ1v) is 7.81. The number of aliphatic hydroxyl groups excluding tert-OH is 1. The first kappa shape index (κ1) is 15.9. The van der Waals surface area contributed by atoms with Crippen molar-refractivity contribution in [2.45, 2.75) is 44.8 Å². The molecule has 3 N–H and O–H groups in total. The summed E-state index contributed by atoms with van der Waals surface area (Å²) in [6.07, 6.45) is 1.54. The standard InChI is InChI=1S/C16H22N4O3/c1-9(2)20-12-6-11(15(17)22)7-18-13(12)14(19-20)16(10(3)21)4-5-23-8-16/h6-7,9-10,21H,4-5,8H2,1-3H3,(H2,17,22)/t10-,16-/m0/s1. The van der Waals surface area contributed by atoms with Gasteiger partial charge in [-0.1, -0.05) is 0 Å². The van der Waals surface area contributed by atoms with Gasteiger partial charge in [-0.2, -0.15) is 5.10 Å². The molecule has 2 aromatic heterocycles. The van der Waals surface area contributed by atoms with Crippen LogP contribution < -0.4 is 5.73 Å². The van der Waals surface area contributed by atoms with E-state index in [9.17, 15) is 9.90 Å². The number of nitrogens with two attached hydrogens (primary N) is 1. The molecule has 2 aromatic rings. The van der Waals surface area contributed by atoms with Crippen LogP contribution in [0.1, 0.15) is 49.3 Å². The first-order valence-electron chi connectivity index (χ1n) is 7.81. The molecule has 7 heteroatoms. The molecule has 23 heavy (non-hydrogen) atoms. The number of carbonyl (C=O) groups is 1. The molecule has 0 radical (unpaired) electrons. The number of primary amides is 1. The number of aliphatic hydroxyl groups is 1. The van der Waals surface area contributed by atoms with E-state index in [0.717, 1.165) is 11.2 Å². The van der Waals surface area contributed by atoms with Gasteiger partial charge < -0.3 is 15.6 Å². The molecule has 2 atom stereocenters. The van der Waals surface area contributed by atoms with E-state index in [1.807, 2.05) is 18.5 Å². The van der Waals surface area contributed by atoms with E-state index in [1.54, 1.807) is 13.0 Å². The largest absolute Gasteiger partial charge is 0.392 e. The smallest absolute Gasteiger partial charge is 0.250 e. The lowest BCUT2D eigenvalue weighted by Gasteiger charge is -2.28. The molecule has 0 saturated carbocycles. The highest BCUT2D eigenvalue weighted by molar-refractivity contribution is 5.96. The molecule has 0 spiro atoms. The molecular weight excluding hydrogens is 296 g/mol. The van der Waals surface area contributed by atoms with Crippen LogP contribution in [0.2, 0.25) is 0 Å². The summed E-state index contributed by atoms with van der Waals surface area (Å²) in [4.78, 5) is 15.9. The van der Waals surface area contributed by atoms with Crippen LogP contribution in [-0.4, -0.2) is 45.1 Å². The molecule has 124 valence electrons. The van der Waals surface area contributed by atoms with Gasteiger partial charge in [-0.15, -0.1) is 0 Å². The Balaban J connectivity index is 2.28. The zero-order valence-corrected chi connectivity index (χ0v) is 13.6. The van der Waals surface area contributed by atoms with Gasteiger partial charge in [0.2, 0.25) is 5.91 Å². The summed E-state index contributed by atoms with van der Waals surface area (Å²) >= 11 is 0. The lowest BCUT2D eigenvalue weighted by Crippen LogP contribution is -2.39. The zero-order valence-electron chi connectivity index (χ0n) is 13.6. The van der Waals surface area contributed by atoms with Crippen molar-refractivity contribution in [3.8, 4) is 0 Å². The fourth-order valence-electron chi connectivity index (χ4n) is 3.18. The molecule has 1 amide bonds. The van der Waals surface area contributed by atoms with Crippen LogP contribution in [-0.2, 0) is 10.2 Å². The summed E-state index contributed by atoms with van der Waals surface area (Å²) in [5.74, 6) is -0.521. The van der Waals surface area contributed by atoms with E-state index in [1.165, 1.54) is 6.20 Å². The number of rotatable bonds is 4. The molecule has 1 aliphatic rings. The van der Waals surface area contributed by atoms with Gasteiger partial charge in [-0.05, 0) is 33.3 Å². The van der Waals surface area contributed by atoms with Crippen molar-refractivity contribution >= 4 is 16.9 Å². The highest BCUT2D eigenvalue weighted by atomic mass is 16.5. The van der Waals surface area contributed by atoms with E-state index in [0.29, 0.717) is 30.7 Å². The molecule has 0 bridgehead atoms. The Labute approximate surface area is 134 Å². The van der Waals surface area contributed by atoms with Crippen molar-refractivity contribution in [1.29, 1.82) is 0 Å². The summed E-state index contributed by atoms with van der Waals surface area (Å²) in [7, 11) is 0. The molecule has 1 saturated heterocycles. The van der Waals surface area contributed by atoms with Crippen molar-refractivity contribution in [2.24, 2.45) is 5.73 Å². The van der Waals surface area contributed by atoms with Crippen LogP contribution in [0, 0.1) is 0 Å². The van der Waals surface area contributed by atoms with Crippen molar-refractivity contribution in [2.75, 3.05) is 13.2 Å². The van der Waals surface area contributed by atoms with E-state index >= 15 is 0 Å². The van der Waals surface area contributed by atoms with E-state index in [2.05, 4.69) is 4.98 Å². The van der Waals surface area contributed by atoms with Gasteiger partial charge in [-0.3, -0.25) is 14.5 Å². The monoisotopic (exact) mass is 318 g/mol. The van der Waals surface area contributed by atoms with E-state index in [-0.39, 0.29) is 6.04 Å². The molecule has 0 unspecified atom stereocenters. The maximum Gasteiger partial charge on any atom is 0.250 e. The third-order valence-electron chi connectivity index (χ3n) is 4.64. The third kappa shape index (κ3) is 2.40. The third-order valence-corrected chi connectivity index (χ3v) is 4.64. The van der Waals surface area contributed by atoms with Crippen LogP contribution in [0.5, 0.6) is 0 Å². The van der Waals surface area contributed by atoms with Gasteiger partial charge in [0.15, 0.2) is 0 Å². The molecule has 1 fully saturated rings. The summed E-state index contributed by atoms with van der Waals surface area (Å²) < 4.78 is 7.37. The first-order chi connectivity index (χ1) is 10.9. The topological polar surface area (TPSA) is 103 Å². The average molecular weight is 318 g/mol. The Kier molecular flexibility index (Phi) is 3.85. The van der Waals surface area contributed by atoms with Gasteiger partial charge in [0.05, 0.1) is 34.9 Å². The lowest BCUT2D eigenvalue weighted by molar-refractivity contribution is 0.0766. The van der Waals surface area contributed by atoms with Crippen molar-refractivity contribution < 1.29 is 14.6 Å². The second-order valence-corrected chi connectivity index (χ2v) is 6.48. The minimum Gasteiger partial charge on any atom is -0.392 e. The van der Waals surface area contributed by atoms with E-state index in [4.69, 9.17) is 15.6 Å². The Hall–Kier alpha value is -1.99. The number of carbonyl (C=O) groups excluding carboxylic acids is 1. The SMILES string of the molecule is CC(C)n1nc([C@@]2([C@H](C)O)CCOC2)c2ncc(C(N)=O)cc21. The number of fused-ring (bicyclic) bond motifs is 1. The molecule has 0 aliphatic carbocycles.